The molecule has 1 aliphatic carbocycles. The Morgan fingerprint density at radius 3 is 2.35 bits per heavy atom. The van der Waals surface area contributed by atoms with E-state index in [0.717, 1.165) is 19.4 Å². The molecule has 0 bridgehead atoms. The predicted molar refractivity (Wildman–Crippen MR) is 161 cm³/mol. The number of phenols is 1. The molecule has 4 N–H and O–H groups in total. The highest BCUT2D eigenvalue weighted by Crippen LogP contribution is 2.44. The fraction of sp³-hybridized carbons (Fsp3) is 0.562. The number of carbonyl (C=O) groups excluding carboxylic acids is 2. The Labute approximate surface area is 244 Å². The molecule has 1 saturated carbocycles. The first-order chi connectivity index (χ1) is 18.9. The van der Waals surface area contributed by atoms with Gasteiger partial charge in [0.25, 0.3) is 5.91 Å². The Hall–Kier alpha value is -2.55. The van der Waals surface area contributed by atoms with Crippen LogP contribution in [0.15, 0.2) is 48.5 Å². The van der Waals surface area contributed by atoms with Gasteiger partial charge in [0.05, 0.1) is 12.1 Å². The van der Waals surface area contributed by atoms with Crippen molar-refractivity contribution in [3.63, 3.8) is 0 Å². The molecule has 2 amide bonds. The van der Waals surface area contributed by atoms with E-state index in [1.165, 1.54) is 25.3 Å². The highest BCUT2D eigenvalue weighted by Gasteiger charge is 2.52. The van der Waals surface area contributed by atoms with E-state index in [1.54, 1.807) is 30.9 Å². The van der Waals surface area contributed by atoms with Crippen LogP contribution in [0.3, 0.4) is 0 Å². The molecule has 4 rings (SSSR count). The quantitative estimate of drug-likeness (QED) is 0.245. The van der Waals surface area contributed by atoms with Gasteiger partial charge >= 0.3 is 0 Å². The zero-order valence-corrected chi connectivity index (χ0v) is 25.2. The summed E-state index contributed by atoms with van der Waals surface area (Å²) < 4.78 is 0. The van der Waals surface area contributed by atoms with Crippen molar-refractivity contribution in [3.05, 3.63) is 65.2 Å². The van der Waals surface area contributed by atoms with Crippen molar-refractivity contribution in [2.24, 2.45) is 11.8 Å². The summed E-state index contributed by atoms with van der Waals surface area (Å²) in [5.41, 5.74) is 0.736. The Morgan fingerprint density at radius 1 is 1.05 bits per heavy atom. The number of amides is 2. The summed E-state index contributed by atoms with van der Waals surface area (Å²) in [6, 6.07) is 12.9. The van der Waals surface area contributed by atoms with Crippen LogP contribution in [0.4, 0.5) is 0 Å². The van der Waals surface area contributed by atoms with Crippen LogP contribution in [-0.4, -0.2) is 57.2 Å². The smallest absolute Gasteiger partial charge is 0.251 e. The number of aromatic hydroxyl groups is 1. The lowest BCUT2D eigenvalue weighted by Crippen LogP contribution is -2.67. The fourth-order valence-corrected chi connectivity index (χ4v) is 7.37. The number of hydrogen-bond acceptors (Lipinski definition) is 6. The van der Waals surface area contributed by atoms with Crippen molar-refractivity contribution in [1.82, 2.24) is 15.5 Å². The molecular weight excluding hydrogens is 522 g/mol. The van der Waals surface area contributed by atoms with E-state index >= 15 is 0 Å². The lowest BCUT2D eigenvalue weighted by atomic mass is 9.73. The van der Waals surface area contributed by atoms with Crippen molar-refractivity contribution in [1.29, 1.82) is 0 Å². The second kappa shape index (κ2) is 12.1. The highest BCUT2D eigenvalue weighted by molar-refractivity contribution is 7.81. The SMILES string of the molecule is Cc1c(O)cccc1C(=O)NC(C)C(O)C(S)(c1ccccc1)N(C(=O)C1CC2CCCCC2CN1)C(C)(C)C. The molecule has 0 radical (unpaired) electrons. The van der Waals surface area contributed by atoms with Crippen LogP contribution in [0.1, 0.15) is 81.3 Å². The van der Waals surface area contributed by atoms with Crippen molar-refractivity contribution < 1.29 is 19.8 Å². The molecule has 2 aromatic carbocycles. The first-order valence-corrected chi connectivity index (χ1v) is 14.9. The molecule has 0 aromatic heterocycles. The lowest BCUT2D eigenvalue weighted by molar-refractivity contribution is -0.151. The molecule has 2 fully saturated rings. The molecule has 7 nitrogen and oxygen atoms in total. The van der Waals surface area contributed by atoms with Gasteiger partial charge in [-0.25, -0.2) is 0 Å². The number of aliphatic hydroxyl groups is 1. The first-order valence-electron chi connectivity index (χ1n) is 14.5. The number of carbonyl (C=O) groups is 2. The van der Waals surface area contributed by atoms with Crippen molar-refractivity contribution in [2.45, 2.75) is 95.3 Å². The maximum atomic E-state index is 14.5. The number of benzene rings is 2. The maximum absolute atomic E-state index is 14.5. The molecule has 1 saturated heterocycles. The molecule has 2 aliphatic rings. The number of thiol groups is 1. The summed E-state index contributed by atoms with van der Waals surface area (Å²) in [5, 5.41) is 28.5. The van der Waals surface area contributed by atoms with Crippen molar-refractivity contribution in [3.8, 4) is 5.75 Å². The zero-order chi connectivity index (χ0) is 29.2. The molecule has 40 heavy (non-hydrogen) atoms. The van der Waals surface area contributed by atoms with Crippen molar-refractivity contribution in [2.75, 3.05) is 6.54 Å². The largest absolute Gasteiger partial charge is 0.508 e. The topological polar surface area (TPSA) is 102 Å². The summed E-state index contributed by atoms with van der Waals surface area (Å²) in [4.78, 5) is 28.0. The predicted octanol–water partition coefficient (Wildman–Crippen LogP) is 4.76. The molecule has 8 heteroatoms. The van der Waals surface area contributed by atoms with E-state index in [4.69, 9.17) is 12.6 Å². The lowest BCUT2D eigenvalue weighted by Gasteiger charge is -2.53. The Kier molecular flexibility index (Phi) is 9.22. The number of rotatable bonds is 7. The Morgan fingerprint density at radius 2 is 1.70 bits per heavy atom. The van der Waals surface area contributed by atoms with Crippen LogP contribution >= 0.6 is 12.6 Å². The Bertz CT molecular complexity index is 1200. The summed E-state index contributed by atoms with van der Waals surface area (Å²) in [5.74, 6) is 0.632. The summed E-state index contributed by atoms with van der Waals surface area (Å²) in [6.45, 7) is 10.1. The number of phenolic OH excluding ortho intramolecular Hbond substituents is 1. The van der Waals surface area contributed by atoms with Crippen LogP contribution in [-0.2, 0) is 9.67 Å². The van der Waals surface area contributed by atoms with E-state index in [9.17, 15) is 19.8 Å². The first kappa shape index (κ1) is 30.4. The summed E-state index contributed by atoms with van der Waals surface area (Å²) >= 11 is 5.16. The molecule has 1 heterocycles. The minimum Gasteiger partial charge on any atom is -0.508 e. The maximum Gasteiger partial charge on any atom is 0.251 e. The number of nitrogens with one attached hydrogen (secondary N) is 2. The molecule has 218 valence electrons. The van der Waals surface area contributed by atoms with Crippen LogP contribution in [0, 0.1) is 18.8 Å². The van der Waals surface area contributed by atoms with Crippen LogP contribution in [0.2, 0.25) is 0 Å². The summed E-state index contributed by atoms with van der Waals surface area (Å²) in [6.07, 6.45) is 4.32. The molecule has 2 aromatic rings. The molecule has 0 spiro atoms. The van der Waals surface area contributed by atoms with Gasteiger partial charge in [-0.2, -0.15) is 0 Å². The van der Waals surface area contributed by atoms with E-state index in [2.05, 4.69) is 10.6 Å². The number of hydrogen-bond donors (Lipinski definition) is 5. The summed E-state index contributed by atoms with van der Waals surface area (Å²) in [7, 11) is 0. The average molecular weight is 568 g/mol. The zero-order valence-electron chi connectivity index (χ0n) is 24.4. The van der Waals surface area contributed by atoms with Gasteiger partial charge in [0.15, 0.2) is 0 Å². The van der Waals surface area contributed by atoms with Gasteiger partial charge in [-0.3, -0.25) is 9.59 Å². The fourth-order valence-electron chi connectivity index (χ4n) is 6.59. The molecular formula is C32H45N3O4S. The number of nitrogens with zero attached hydrogens (tertiary/aromatic N) is 1. The third kappa shape index (κ3) is 6.04. The van der Waals surface area contributed by atoms with E-state index < -0.39 is 28.5 Å². The molecule has 1 aliphatic heterocycles. The number of piperidine rings is 1. The van der Waals surface area contributed by atoms with E-state index in [-0.39, 0.29) is 17.7 Å². The highest BCUT2D eigenvalue weighted by atomic mass is 32.1. The minimum absolute atomic E-state index is 0.0263. The third-order valence-corrected chi connectivity index (χ3v) is 9.48. The van der Waals surface area contributed by atoms with Crippen LogP contribution in [0.5, 0.6) is 5.75 Å². The van der Waals surface area contributed by atoms with Gasteiger partial charge < -0.3 is 25.7 Å². The van der Waals surface area contributed by atoms with E-state index in [1.807, 2.05) is 51.1 Å². The number of fused-ring (bicyclic) bond motifs is 1. The van der Waals surface area contributed by atoms with E-state index in [0.29, 0.717) is 28.5 Å². The van der Waals surface area contributed by atoms with Crippen molar-refractivity contribution >= 4 is 24.4 Å². The standard InChI is InChI=1S/C32H45N3O4S/c1-20-25(16-11-17-27(20)36)29(38)34-21(2)28(37)32(40,24-14-7-6-8-15-24)35(31(3,4)5)30(39)26-18-22-12-9-10-13-23(22)19-33-26/h6-8,11,14-17,21-23,26,28,33,36-37,40H,9-10,12-13,18-19H2,1-5H3,(H,34,38). The molecule has 6 unspecified atom stereocenters. The van der Waals surface area contributed by atoms with Gasteiger partial charge in [-0.1, -0.05) is 55.7 Å². The van der Waals surface area contributed by atoms with Gasteiger partial charge in [0, 0.05) is 16.7 Å². The van der Waals surface area contributed by atoms with Gasteiger partial charge in [0.2, 0.25) is 5.91 Å². The average Bonchev–Trinajstić information content (AvgIpc) is 2.93. The van der Waals surface area contributed by atoms with Gasteiger partial charge in [-0.15, -0.1) is 12.6 Å². The Balaban J connectivity index is 1.69. The van der Waals surface area contributed by atoms with Gasteiger partial charge in [0.1, 0.15) is 16.7 Å². The number of aliphatic hydroxyl groups excluding tert-OH is 1. The normalized spacial score (nSPS) is 24.2. The second-order valence-electron chi connectivity index (χ2n) is 12.6. The second-order valence-corrected chi connectivity index (χ2v) is 13.3. The van der Waals surface area contributed by atoms with Crippen LogP contribution < -0.4 is 10.6 Å². The van der Waals surface area contributed by atoms with Crippen LogP contribution in [0.25, 0.3) is 0 Å². The van der Waals surface area contributed by atoms with Gasteiger partial charge in [-0.05, 0) is 83.5 Å². The third-order valence-electron chi connectivity index (χ3n) is 8.75. The molecule has 6 atom stereocenters. The minimum atomic E-state index is -1.46. The monoisotopic (exact) mass is 567 g/mol.